The first-order valence-electron chi connectivity index (χ1n) is 7.13. The summed E-state index contributed by atoms with van der Waals surface area (Å²) >= 11 is 0. The maximum absolute atomic E-state index is 13.4. The van der Waals surface area contributed by atoms with Crippen LogP contribution < -0.4 is 0 Å². The molecule has 0 bridgehead atoms. The molecule has 4 nitrogen and oxygen atoms in total. The van der Waals surface area contributed by atoms with Crippen LogP contribution in [0.15, 0.2) is 12.4 Å². The molecule has 0 N–H and O–H groups in total. The summed E-state index contributed by atoms with van der Waals surface area (Å²) in [6, 6.07) is 0. The molecule has 14 heteroatoms. The van der Waals surface area contributed by atoms with Gasteiger partial charge in [0, 0.05) is 20.3 Å². The van der Waals surface area contributed by atoms with E-state index >= 15 is 0 Å². The summed E-state index contributed by atoms with van der Waals surface area (Å²) in [5.41, 5.74) is -3.09. The number of aryl methyl sites for hydroxylation is 1. The monoisotopic (exact) mass is 424 g/mol. The molecule has 0 atom stereocenters. The molecule has 0 radical (unpaired) electrons. The van der Waals surface area contributed by atoms with E-state index in [1.807, 2.05) is 0 Å². The van der Waals surface area contributed by atoms with Crippen molar-refractivity contribution in [2.24, 2.45) is 14.1 Å². The quantitative estimate of drug-likeness (QED) is 0.671. The third kappa shape index (κ3) is 3.58. The van der Waals surface area contributed by atoms with E-state index in [4.69, 9.17) is 0 Å². The van der Waals surface area contributed by atoms with Gasteiger partial charge >= 0.3 is 24.2 Å². The normalized spacial score (nSPS) is 14.3. The standard InChI is InChI=1S/C14H10F10N4/c1-27-6-7(11(15,16)13(19,20)21)26-10(27)4-3-9-25-5-8(28(9)2)12(17,18)14(22,23)24/h3-6H,1-2H3/b4-3+. The average molecular weight is 424 g/mol. The molecule has 2 aromatic rings. The molecule has 0 fully saturated rings. The number of halogens is 10. The Hall–Kier alpha value is -2.54. The van der Waals surface area contributed by atoms with E-state index in [-0.39, 0.29) is 6.20 Å². The van der Waals surface area contributed by atoms with Crippen molar-refractivity contribution in [3.63, 3.8) is 0 Å². The number of rotatable bonds is 4. The molecule has 0 saturated carbocycles. The van der Waals surface area contributed by atoms with Gasteiger partial charge in [-0.05, 0) is 12.2 Å². The highest BCUT2D eigenvalue weighted by atomic mass is 19.4. The fourth-order valence-corrected chi connectivity index (χ4v) is 2.10. The minimum Gasteiger partial charge on any atom is -0.334 e. The van der Waals surface area contributed by atoms with Gasteiger partial charge in [-0.3, -0.25) is 0 Å². The van der Waals surface area contributed by atoms with Crippen LogP contribution in [0.1, 0.15) is 23.0 Å². The lowest BCUT2D eigenvalue weighted by Crippen LogP contribution is -2.35. The Morgan fingerprint density at radius 2 is 1.29 bits per heavy atom. The zero-order chi connectivity index (χ0) is 21.7. The SMILES string of the molecule is Cn1cc(C(F)(F)C(F)(F)F)nc1/C=C/c1ncc(C(F)(F)C(F)(F)F)n1C. The van der Waals surface area contributed by atoms with Crippen molar-refractivity contribution in [1.29, 1.82) is 0 Å². The molecular weight excluding hydrogens is 414 g/mol. The molecular formula is C14H10F10N4. The van der Waals surface area contributed by atoms with Gasteiger partial charge in [0.15, 0.2) is 0 Å². The molecule has 28 heavy (non-hydrogen) atoms. The fraction of sp³-hybridized carbons (Fsp3) is 0.429. The number of alkyl halides is 10. The van der Waals surface area contributed by atoms with Gasteiger partial charge in [0.2, 0.25) is 0 Å². The van der Waals surface area contributed by atoms with Crippen molar-refractivity contribution in [2.75, 3.05) is 0 Å². The lowest BCUT2D eigenvalue weighted by Gasteiger charge is -2.19. The fourth-order valence-electron chi connectivity index (χ4n) is 2.10. The molecule has 2 aromatic heterocycles. The predicted molar refractivity (Wildman–Crippen MR) is 75.2 cm³/mol. The Morgan fingerprint density at radius 3 is 1.79 bits per heavy atom. The zero-order valence-electron chi connectivity index (χ0n) is 13.9. The highest BCUT2D eigenvalue weighted by molar-refractivity contribution is 5.63. The smallest absolute Gasteiger partial charge is 0.334 e. The Balaban J connectivity index is 2.37. The maximum atomic E-state index is 13.4. The van der Waals surface area contributed by atoms with E-state index in [9.17, 15) is 43.9 Å². The summed E-state index contributed by atoms with van der Waals surface area (Å²) in [7, 11) is 1.94. The molecule has 156 valence electrons. The zero-order valence-corrected chi connectivity index (χ0v) is 13.9. The van der Waals surface area contributed by atoms with E-state index in [1.165, 1.54) is 0 Å². The van der Waals surface area contributed by atoms with Gasteiger partial charge in [0.05, 0.1) is 6.20 Å². The van der Waals surface area contributed by atoms with E-state index in [0.29, 0.717) is 10.8 Å². The minimum atomic E-state index is -5.89. The summed E-state index contributed by atoms with van der Waals surface area (Å²) in [6.07, 6.45) is -9.40. The lowest BCUT2D eigenvalue weighted by atomic mass is 10.2. The average Bonchev–Trinajstić information content (AvgIpc) is 3.06. The highest BCUT2D eigenvalue weighted by Gasteiger charge is 2.61. The van der Waals surface area contributed by atoms with Gasteiger partial charge < -0.3 is 9.13 Å². The summed E-state index contributed by atoms with van der Waals surface area (Å²) in [6.45, 7) is 0. The highest BCUT2D eigenvalue weighted by Crippen LogP contribution is 2.44. The number of imidazole rings is 2. The molecule has 0 aromatic carbocycles. The largest absolute Gasteiger partial charge is 0.459 e. The van der Waals surface area contributed by atoms with Crippen molar-refractivity contribution in [3.05, 3.63) is 35.4 Å². The van der Waals surface area contributed by atoms with Crippen molar-refractivity contribution < 1.29 is 43.9 Å². The predicted octanol–water partition coefficient (Wildman–Crippen LogP) is 4.63. The van der Waals surface area contributed by atoms with E-state index in [2.05, 4.69) is 9.97 Å². The minimum absolute atomic E-state index is 0.273. The van der Waals surface area contributed by atoms with Crippen molar-refractivity contribution >= 4 is 12.2 Å². The Morgan fingerprint density at radius 1 is 0.786 bits per heavy atom. The summed E-state index contributed by atoms with van der Waals surface area (Å²) < 4.78 is 129. The molecule has 2 heterocycles. The van der Waals surface area contributed by atoms with E-state index < -0.39 is 47.2 Å². The third-order valence-corrected chi connectivity index (χ3v) is 3.67. The number of hydrogen-bond acceptors (Lipinski definition) is 2. The molecule has 0 amide bonds. The van der Waals surface area contributed by atoms with E-state index in [1.54, 1.807) is 0 Å². The summed E-state index contributed by atoms with van der Waals surface area (Å²) in [4.78, 5) is 6.49. The van der Waals surface area contributed by atoms with Crippen LogP contribution in [0.4, 0.5) is 43.9 Å². The Kier molecular flexibility index (Phi) is 5.06. The second-order valence-electron chi connectivity index (χ2n) is 5.63. The van der Waals surface area contributed by atoms with Crippen molar-refractivity contribution in [1.82, 2.24) is 19.1 Å². The Bertz CT molecular complexity index is 881. The number of aromatic nitrogens is 4. The van der Waals surface area contributed by atoms with Crippen LogP contribution >= 0.6 is 0 Å². The van der Waals surface area contributed by atoms with Crippen LogP contribution in [0.25, 0.3) is 12.2 Å². The molecule has 2 rings (SSSR count). The van der Waals surface area contributed by atoms with Crippen LogP contribution in [0.5, 0.6) is 0 Å². The molecule has 0 saturated heterocycles. The maximum Gasteiger partial charge on any atom is 0.459 e. The van der Waals surface area contributed by atoms with Crippen LogP contribution in [0.3, 0.4) is 0 Å². The topological polar surface area (TPSA) is 35.6 Å². The first kappa shape index (κ1) is 21.8. The molecule has 0 aliphatic carbocycles. The van der Waals surface area contributed by atoms with Crippen LogP contribution in [-0.2, 0) is 25.9 Å². The first-order valence-corrected chi connectivity index (χ1v) is 7.13. The van der Waals surface area contributed by atoms with Gasteiger partial charge in [0.25, 0.3) is 0 Å². The van der Waals surface area contributed by atoms with Crippen molar-refractivity contribution in [2.45, 2.75) is 24.2 Å². The molecule has 0 spiro atoms. The third-order valence-electron chi connectivity index (χ3n) is 3.67. The van der Waals surface area contributed by atoms with Crippen LogP contribution in [0, 0.1) is 0 Å². The Labute approximate surface area is 150 Å². The van der Waals surface area contributed by atoms with Gasteiger partial charge in [-0.15, -0.1) is 0 Å². The first-order chi connectivity index (χ1) is 12.5. The summed E-state index contributed by atoms with van der Waals surface area (Å²) in [5, 5.41) is 0. The van der Waals surface area contributed by atoms with Crippen LogP contribution in [0.2, 0.25) is 0 Å². The van der Waals surface area contributed by atoms with Gasteiger partial charge in [-0.1, -0.05) is 0 Å². The molecule has 0 aliphatic heterocycles. The molecule has 0 unspecified atom stereocenters. The summed E-state index contributed by atoms with van der Waals surface area (Å²) in [5.74, 6) is -11.3. The lowest BCUT2D eigenvalue weighted by molar-refractivity contribution is -0.291. The molecule has 0 aliphatic rings. The number of nitrogens with zero attached hydrogens (tertiary/aromatic N) is 4. The second-order valence-corrected chi connectivity index (χ2v) is 5.63. The van der Waals surface area contributed by atoms with Gasteiger partial charge in [-0.2, -0.15) is 43.9 Å². The van der Waals surface area contributed by atoms with Gasteiger partial charge in [0.1, 0.15) is 23.0 Å². The van der Waals surface area contributed by atoms with Crippen LogP contribution in [-0.4, -0.2) is 31.5 Å². The van der Waals surface area contributed by atoms with Crippen molar-refractivity contribution in [3.8, 4) is 0 Å². The van der Waals surface area contributed by atoms with Gasteiger partial charge in [-0.25, -0.2) is 9.97 Å². The second kappa shape index (κ2) is 6.51. The number of hydrogen-bond donors (Lipinski definition) is 0. The van der Waals surface area contributed by atoms with E-state index in [0.717, 1.165) is 30.8 Å².